The number of carboxylic acids is 1. The number of allylic oxidation sites excluding steroid dienone is 2. The SMILES string of the molecule is O=C(CCSC1=CC(=O)c2n[nH]c(C(=O)O)c2C1=O)Nc1ccccc1. The molecule has 0 aliphatic heterocycles. The van der Waals surface area contributed by atoms with Crippen molar-refractivity contribution in [1.82, 2.24) is 10.2 Å². The van der Waals surface area contributed by atoms with Crippen molar-refractivity contribution in [3.05, 3.63) is 58.3 Å². The molecule has 1 aromatic carbocycles. The van der Waals surface area contributed by atoms with Crippen molar-refractivity contribution in [2.45, 2.75) is 6.42 Å². The smallest absolute Gasteiger partial charge is 0.354 e. The van der Waals surface area contributed by atoms with Crippen molar-refractivity contribution in [1.29, 1.82) is 0 Å². The van der Waals surface area contributed by atoms with Crippen LogP contribution in [0.2, 0.25) is 0 Å². The fourth-order valence-electron chi connectivity index (χ4n) is 2.38. The maximum Gasteiger partial charge on any atom is 0.354 e. The van der Waals surface area contributed by atoms with Crippen LogP contribution in [0.4, 0.5) is 5.69 Å². The van der Waals surface area contributed by atoms with Crippen molar-refractivity contribution < 1.29 is 24.3 Å². The number of ketones is 2. The van der Waals surface area contributed by atoms with Crippen molar-refractivity contribution >= 4 is 40.9 Å². The summed E-state index contributed by atoms with van der Waals surface area (Å²) in [4.78, 5) is 47.6. The Morgan fingerprint density at radius 2 is 1.92 bits per heavy atom. The topological polar surface area (TPSA) is 129 Å². The van der Waals surface area contributed by atoms with Gasteiger partial charge in [0.2, 0.25) is 17.5 Å². The number of H-pyrrole nitrogens is 1. The predicted octanol–water partition coefficient (Wildman–Crippen LogP) is 2.13. The number of fused-ring (bicyclic) bond motifs is 1. The van der Waals surface area contributed by atoms with Crippen molar-refractivity contribution in [3.63, 3.8) is 0 Å². The molecule has 8 nitrogen and oxygen atoms in total. The Hall–Kier alpha value is -3.20. The number of rotatable bonds is 6. The highest BCUT2D eigenvalue weighted by Gasteiger charge is 2.33. The zero-order valence-electron chi connectivity index (χ0n) is 13.3. The van der Waals surface area contributed by atoms with Crippen LogP contribution in [0, 0.1) is 0 Å². The van der Waals surface area contributed by atoms with E-state index in [4.69, 9.17) is 5.11 Å². The first-order chi connectivity index (χ1) is 12.5. The number of hydrogen-bond donors (Lipinski definition) is 3. The lowest BCUT2D eigenvalue weighted by Gasteiger charge is -2.11. The third-order valence-electron chi connectivity index (χ3n) is 3.57. The van der Waals surface area contributed by atoms with Gasteiger partial charge < -0.3 is 10.4 Å². The Bertz CT molecular complexity index is 933. The van der Waals surface area contributed by atoms with Gasteiger partial charge in [0, 0.05) is 23.9 Å². The Kier molecular flexibility index (Phi) is 4.99. The number of carbonyl (C=O) groups is 4. The average Bonchev–Trinajstić information content (AvgIpc) is 3.06. The number of aromatic carboxylic acids is 1. The number of nitrogens with one attached hydrogen (secondary N) is 2. The maximum atomic E-state index is 12.5. The molecule has 0 saturated carbocycles. The summed E-state index contributed by atoms with van der Waals surface area (Å²) in [5.74, 6) is -2.46. The molecule has 26 heavy (non-hydrogen) atoms. The predicted molar refractivity (Wildman–Crippen MR) is 94.4 cm³/mol. The molecular formula is C17H13N3O5S. The number of thioether (sulfide) groups is 1. The van der Waals surface area contributed by atoms with E-state index in [9.17, 15) is 19.2 Å². The van der Waals surface area contributed by atoms with E-state index < -0.39 is 23.2 Å². The summed E-state index contributed by atoms with van der Waals surface area (Å²) in [6.07, 6.45) is 1.25. The summed E-state index contributed by atoms with van der Waals surface area (Å²) in [5, 5.41) is 17.6. The van der Waals surface area contributed by atoms with Gasteiger partial charge in [0.25, 0.3) is 0 Å². The number of hydrogen-bond acceptors (Lipinski definition) is 6. The van der Waals surface area contributed by atoms with Crippen LogP contribution in [-0.2, 0) is 4.79 Å². The number of carbonyl (C=O) groups excluding carboxylic acids is 3. The number of carboxylic acid groups (broad SMARTS) is 1. The summed E-state index contributed by atoms with van der Waals surface area (Å²) in [7, 11) is 0. The number of amides is 1. The van der Waals surface area contributed by atoms with Crippen molar-refractivity contribution in [2.24, 2.45) is 0 Å². The molecule has 1 heterocycles. The normalized spacial score (nSPS) is 13.2. The molecule has 9 heteroatoms. The number of benzene rings is 1. The first-order valence-corrected chi connectivity index (χ1v) is 8.56. The quantitative estimate of drug-likeness (QED) is 0.709. The minimum atomic E-state index is -1.37. The van der Waals surface area contributed by atoms with Crippen LogP contribution >= 0.6 is 11.8 Å². The first-order valence-electron chi connectivity index (χ1n) is 7.57. The molecule has 0 saturated heterocycles. The molecule has 1 aliphatic carbocycles. The number of para-hydroxylation sites is 1. The van der Waals surface area contributed by atoms with E-state index >= 15 is 0 Å². The molecule has 1 aliphatic rings. The highest BCUT2D eigenvalue weighted by molar-refractivity contribution is 8.04. The number of aromatic amines is 1. The number of Topliss-reactive ketones (excluding diaryl/α,β-unsaturated/α-hetero) is 1. The van der Waals surface area contributed by atoms with Crippen LogP contribution in [0.3, 0.4) is 0 Å². The van der Waals surface area contributed by atoms with Crippen LogP contribution in [0.25, 0.3) is 0 Å². The Labute approximate surface area is 151 Å². The highest BCUT2D eigenvalue weighted by Crippen LogP contribution is 2.29. The molecule has 0 unspecified atom stereocenters. The Morgan fingerprint density at radius 3 is 2.62 bits per heavy atom. The van der Waals surface area contributed by atoms with Crippen LogP contribution in [0.5, 0.6) is 0 Å². The minimum Gasteiger partial charge on any atom is -0.477 e. The van der Waals surface area contributed by atoms with Crippen LogP contribution in [0.1, 0.15) is 37.8 Å². The lowest BCUT2D eigenvalue weighted by molar-refractivity contribution is -0.115. The van der Waals surface area contributed by atoms with Gasteiger partial charge in [-0.25, -0.2) is 4.79 Å². The third kappa shape index (κ3) is 3.57. The molecule has 1 aromatic heterocycles. The summed E-state index contributed by atoms with van der Waals surface area (Å²) < 4.78 is 0. The maximum absolute atomic E-state index is 12.5. The fraction of sp³-hybridized carbons (Fsp3) is 0.118. The van der Waals surface area contributed by atoms with Gasteiger partial charge in [0.1, 0.15) is 5.69 Å². The minimum absolute atomic E-state index is 0.0962. The molecule has 0 fully saturated rings. The molecule has 0 spiro atoms. The second kappa shape index (κ2) is 7.36. The fourth-order valence-corrected chi connectivity index (χ4v) is 3.31. The van der Waals surface area contributed by atoms with E-state index in [1.165, 1.54) is 0 Å². The number of aromatic nitrogens is 2. The number of nitrogens with zero attached hydrogens (tertiary/aromatic N) is 1. The van der Waals surface area contributed by atoms with Gasteiger partial charge in [-0.1, -0.05) is 18.2 Å². The van der Waals surface area contributed by atoms with E-state index in [1.807, 2.05) is 6.07 Å². The Balaban J connectivity index is 1.62. The van der Waals surface area contributed by atoms with Crippen molar-refractivity contribution in [3.8, 4) is 0 Å². The lowest BCUT2D eigenvalue weighted by atomic mass is 9.99. The van der Waals surface area contributed by atoms with E-state index in [2.05, 4.69) is 15.5 Å². The third-order valence-corrected chi connectivity index (χ3v) is 4.59. The lowest BCUT2D eigenvalue weighted by Crippen LogP contribution is -2.18. The average molecular weight is 371 g/mol. The zero-order valence-corrected chi connectivity index (χ0v) is 14.1. The summed E-state index contributed by atoms with van der Waals surface area (Å²) in [6.45, 7) is 0. The van der Waals surface area contributed by atoms with E-state index in [0.29, 0.717) is 5.69 Å². The molecule has 1 amide bonds. The van der Waals surface area contributed by atoms with E-state index in [0.717, 1.165) is 17.8 Å². The standard InChI is InChI=1S/C17H13N3O5S/c21-10-8-11(16(23)13-14(10)19-20-15(13)17(24)25)26-7-6-12(22)18-9-4-2-1-3-5-9/h1-5,8H,6-7H2,(H,18,22)(H,19,20)(H,24,25). The van der Waals surface area contributed by atoms with Gasteiger partial charge in [-0.3, -0.25) is 19.5 Å². The molecule has 0 radical (unpaired) electrons. The molecular weight excluding hydrogens is 358 g/mol. The van der Waals surface area contributed by atoms with Crippen LogP contribution in [-0.4, -0.2) is 44.5 Å². The van der Waals surface area contributed by atoms with Gasteiger partial charge >= 0.3 is 5.97 Å². The van der Waals surface area contributed by atoms with Gasteiger partial charge in [-0.05, 0) is 12.1 Å². The molecule has 0 atom stereocenters. The molecule has 0 bridgehead atoms. The second-order valence-corrected chi connectivity index (χ2v) is 6.48. The molecule has 3 rings (SSSR count). The van der Waals surface area contributed by atoms with Crippen LogP contribution < -0.4 is 5.32 Å². The zero-order chi connectivity index (χ0) is 18.7. The van der Waals surface area contributed by atoms with Gasteiger partial charge in [-0.2, -0.15) is 5.10 Å². The van der Waals surface area contributed by atoms with Gasteiger partial charge in [-0.15, -0.1) is 11.8 Å². The second-order valence-electron chi connectivity index (χ2n) is 5.34. The summed E-state index contributed by atoms with van der Waals surface area (Å²) >= 11 is 1.03. The summed E-state index contributed by atoms with van der Waals surface area (Å²) in [6, 6.07) is 8.93. The largest absolute Gasteiger partial charge is 0.477 e. The summed E-state index contributed by atoms with van der Waals surface area (Å²) in [5.41, 5.74) is -0.175. The van der Waals surface area contributed by atoms with Crippen molar-refractivity contribution in [2.75, 3.05) is 11.1 Å². The molecule has 2 aromatic rings. The molecule has 132 valence electrons. The van der Waals surface area contributed by atoms with E-state index in [1.54, 1.807) is 24.3 Å². The molecule has 3 N–H and O–H groups in total. The van der Waals surface area contributed by atoms with E-state index in [-0.39, 0.29) is 34.2 Å². The first kappa shape index (κ1) is 17.6. The van der Waals surface area contributed by atoms with Crippen LogP contribution in [0.15, 0.2) is 41.3 Å². The monoisotopic (exact) mass is 371 g/mol. The Morgan fingerprint density at radius 1 is 1.19 bits per heavy atom. The highest BCUT2D eigenvalue weighted by atomic mass is 32.2. The van der Waals surface area contributed by atoms with Gasteiger partial charge in [0.05, 0.1) is 10.5 Å². The number of anilines is 1. The van der Waals surface area contributed by atoms with Gasteiger partial charge in [0.15, 0.2) is 5.69 Å².